The molecule has 0 saturated carbocycles. The number of benzene rings is 3. The minimum atomic E-state index is -0.420. The van der Waals surface area contributed by atoms with E-state index >= 15 is 0 Å². The van der Waals surface area contributed by atoms with Crippen molar-refractivity contribution in [2.24, 2.45) is 0 Å². The fourth-order valence-electron chi connectivity index (χ4n) is 4.35. The smallest absolute Gasteiger partial charge is 0.343 e. The van der Waals surface area contributed by atoms with E-state index in [0.717, 1.165) is 49.7 Å². The molecule has 0 bridgehead atoms. The van der Waals surface area contributed by atoms with Crippen LogP contribution >= 0.6 is 0 Å². The third-order valence-corrected chi connectivity index (χ3v) is 6.43. The van der Waals surface area contributed by atoms with Crippen molar-refractivity contribution < 1.29 is 23.9 Å². The van der Waals surface area contributed by atoms with E-state index in [1.54, 1.807) is 24.3 Å². The molecule has 0 aromatic heterocycles. The van der Waals surface area contributed by atoms with E-state index in [0.29, 0.717) is 30.2 Å². The topological polar surface area (TPSA) is 72.9 Å². The molecule has 3 aromatic rings. The van der Waals surface area contributed by atoms with Gasteiger partial charge in [0.2, 0.25) is 0 Å². The first-order valence-electron chi connectivity index (χ1n) is 13.2. The molecule has 3 aromatic carbocycles. The van der Waals surface area contributed by atoms with E-state index in [9.17, 15) is 14.4 Å². The van der Waals surface area contributed by atoms with Crippen molar-refractivity contribution in [2.45, 2.75) is 45.4 Å². The van der Waals surface area contributed by atoms with Crippen LogP contribution in [0.5, 0.6) is 11.5 Å². The fourth-order valence-corrected chi connectivity index (χ4v) is 4.35. The zero-order chi connectivity index (χ0) is 26.7. The van der Waals surface area contributed by atoms with Gasteiger partial charge in [-0.25, -0.2) is 4.79 Å². The summed E-state index contributed by atoms with van der Waals surface area (Å²) >= 11 is 0. The monoisotopic (exact) mass is 511 g/mol. The van der Waals surface area contributed by atoms with Gasteiger partial charge in [-0.2, -0.15) is 0 Å². The number of carbonyl (C=O) groups excluding carboxylic acids is 3. The zero-order valence-electron chi connectivity index (χ0n) is 21.7. The van der Waals surface area contributed by atoms with Gasteiger partial charge in [0.15, 0.2) is 0 Å². The van der Waals surface area contributed by atoms with Crippen LogP contribution in [0.1, 0.15) is 54.9 Å². The molecule has 4 rings (SSSR count). The van der Waals surface area contributed by atoms with Crippen LogP contribution in [-0.4, -0.2) is 35.8 Å². The Hall–Kier alpha value is -4.19. The summed E-state index contributed by atoms with van der Waals surface area (Å²) in [6.45, 7) is 3.17. The van der Waals surface area contributed by atoms with Crippen LogP contribution < -0.4 is 9.47 Å². The average molecular weight is 512 g/mol. The molecule has 38 heavy (non-hydrogen) atoms. The number of nitrogens with zero attached hydrogens (tertiary/aromatic N) is 1. The van der Waals surface area contributed by atoms with E-state index in [1.165, 1.54) is 22.6 Å². The highest BCUT2D eigenvalue weighted by atomic mass is 16.5. The Morgan fingerprint density at radius 3 is 2.18 bits per heavy atom. The molecule has 2 amide bonds. The summed E-state index contributed by atoms with van der Waals surface area (Å²) < 4.78 is 11.6. The fraction of sp³-hybridized carbons (Fsp3) is 0.281. The zero-order valence-corrected chi connectivity index (χ0v) is 21.7. The van der Waals surface area contributed by atoms with Crippen molar-refractivity contribution in [1.82, 2.24) is 4.90 Å². The molecule has 0 fully saturated rings. The number of hydrogen-bond donors (Lipinski definition) is 0. The number of hydrogen-bond acceptors (Lipinski definition) is 5. The lowest BCUT2D eigenvalue weighted by Crippen LogP contribution is -2.30. The normalized spacial score (nSPS) is 12.7. The van der Waals surface area contributed by atoms with Crippen LogP contribution in [-0.2, 0) is 16.0 Å². The van der Waals surface area contributed by atoms with Crippen molar-refractivity contribution in [1.29, 1.82) is 0 Å². The van der Waals surface area contributed by atoms with E-state index in [1.807, 2.05) is 24.3 Å². The lowest BCUT2D eigenvalue weighted by molar-refractivity contribution is -0.136. The molecular formula is C32H33NO5. The SMILES string of the molecule is CCCc1ccc(-c2ccccc2OC(=O)c2ccc(OCCCCCCN3C(=O)C=CC3=O)cc2)cc1. The van der Waals surface area contributed by atoms with Crippen molar-refractivity contribution >= 4 is 17.8 Å². The van der Waals surface area contributed by atoms with Gasteiger partial charge in [0.05, 0.1) is 12.2 Å². The van der Waals surface area contributed by atoms with Gasteiger partial charge in [0.1, 0.15) is 11.5 Å². The number of unbranched alkanes of at least 4 members (excludes halogenated alkanes) is 3. The van der Waals surface area contributed by atoms with Gasteiger partial charge in [-0.15, -0.1) is 0 Å². The number of imide groups is 1. The summed E-state index contributed by atoms with van der Waals surface area (Å²) in [6, 6.07) is 22.9. The second-order valence-electron chi connectivity index (χ2n) is 9.28. The number of aryl methyl sites for hydroxylation is 1. The van der Waals surface area contributed by atoms with Crippen molar-refractivity contribution in [3.05, 3.63) is 96.1 Å². The van der Waals surface area contributed by atoms with Gasteiger partial charge in [0.25, 0.3) is 11.8 Å². The molecule has 6 heteroatoms. The van der Waals surface area contributed by atoms with Gasteiger partial charge >= 0.3 is 5.97 Å². The van der Waals surface area contributed by atoms with Gasteiger partial charge in [0, 0.05) is 24.3 Å². The Morgan fingerprint density at radius 2 is 1.47 bits per heavy atom. The van der Waals surface area contributed by atoms with E-state index in [4.69, 9.17) is 9.47 Å². The highest BCUT2D eigenvalue weighted by Crippen LogP contribution is 2.31. The molecular weight excluding hydrogens is 478 g/mol. The van der Waals surface area contributed by atoms with Gasteiger partial charge in [-0.1, -0.05) is 68.7 Å². The predicted octanol–water partition coefficient (Wildman–Crippen LogP) is 6.39. The maximum Gasteiger partial charge on any atom is 0.343 e. The number of amides is 2. The van der Waals surface area contributed by atoms with Crippen LogP contribution in [0.25, 0.3) is 11.1 Å². The number of esters is 1. The molecule has 0 radical (unpaired) electrons. The average Bonchev–Trinajstić information content (AvgIpc) is 3.26. The van der Waals surface area contributed by atoms with Crippen LogP contribution in [0.3, 0.4) is 0 Å². The summed E-state index contributed by atoms with van der Waals surface area (Å²) in [5, 5.41) is 0. The molecule has 0 unspecified atom stereocenters. The first-order chi connectivity index (χ1) is 18.5. The molecule has 0 spiro atoms. The van der Waals surface area contributed by atoms with E-state index < -0.39 is 5.97 Å². The molecule has 0 N–H and O–H groups in total. The van der Waals surface area contributed by atoms with Crippen LogP contribution in [0, 0.1) is 0 Å². The third-order valence-electron chi connectivity index (χ3n) is 6.43. The first kappa shape index (κ1) is 26.9. The van der Waals surface area contributed by atoms with Crippen molar-refractivity contribution in [3.63, 3.8) is 0 Å². The van der Waals surface area contributed by atoms with Crippen LogP contribution in [0.15, 0.2) is 84.9 Å². The molecule has 0 atom stereocenters. The number of rotatable bonds is 13. The van der Waals surface area contributed by atoms with Crippen LogP contribution in [0.4, 0.5) is 0 Å². The Morgan fingerprint density at radius 1 is 0.789 bits per heavy atom. The third kappa shape index (κ3) is 7.19. The summed E-state index contributed by atoms with van der Waals surface area (Å²) in [4.78, 5) is 37.2. The second kappa shape index (κ2) is 13.4. The molecule has 1 aliphatic heterocycles. The molecule has 0 saturated heterocycles. The Labute approximate surface area is 223 Å². The Balaban J connectivity index is 1.22. The second-order valence-corrected chi connectivity index (χ2v) is 9.28. The highest BCUT2D eigenvalue weighted by Gasteiger charge is 2.22. The minimum Gasteiger partial charge on any atom is -0.494 e. The molecule has 196 valence electrons. The summed E-state index contributed by atoms with van der Waals surface area (Å²) in [6.07, 6.45) is 8.26. The van der Waals surface area contributed by atoms with Gasteiger partial charge in [-0.05, 0) is 60.7 Å². The molecule has 0 aliphatic carbocycles. The summed E-state index contributed by atoms with van der Waals surface area (Å²) in [5.41, 5.74) is 3.62. The summed E-state index contributed by atoms with van der Waals surface area (Å²) in [5.74, 6) is 0.333. The molecule has 1 heterocycles. The van der Waals surface area contributed by atoms with E-state index in [2.05, 4.69) is 31.2 Å². The predicted molar refractivity (Wildman–Crippen MR) is 147 cm³/mol. The van der Waals surface area contributed by atoms with Gasteiger partial charge in [-0.3, -0.25) is 14.5 Å². The highest BCUT2D eigenvalue weighted by molar-refractivity contribution is 6.12. The van der Waals surface area contributed by atoms with Crippen molar-refractivity contribution in [3.8, 4) is 22.6 Å². The minimum absolute atomic E-state index is 0.230. The quantitative estimate of drug-likeness (QED) is 0.115. The van der Waals surface area contributed by atoms with E-state index in [-0.39, 0.29) is 11.8 Å². The lowest BCUT2D eigenvalue weighted by atomic mass is 10.0. The number of para-hydroxylation sites is 1. The maximum absolute atomic E-state index is 12.8. The van der Waals surface area contributed by atoms with Crippen LogP contribution in [0.2, 0.25) is 0 Å². The van der Waals surface area contributed by atoms with Crippen molar-refractivity contribution in [2.75, 3.05) is 13.2 Å². The lowest BCUT2D eigenvalue weighted by Gasteiger charge is -2.13. The Kier molecular flexibility index (Phi) is 9.46. The summed E-state index contributed by atoms with van der Waals surface area (Å²) in [7, 11) is 0. The molecule has 6 nitrogen and oxygen atoms in total. The molecule has 1 aliphatic rings. The maximum atomic E-state index is 12.8. The number of ether oxygens (including phenoxy) is 2. The first-order valence-corrected chi connectivity index (χ1v) is 13.2. The largest absolute Gasteiger partial charge is 0.494 e. The Bertz CT molecular complexity index is 1260. The van der Waals surface area contributed by atoms with Gasteiger partial charge < -0.3 is 9.47 Å². The number of carbonyl (C=O) groups is 3. The standard InChI is InChI=1S/C32H33NO5/c1-2-9-24-12-14-25(15-13-24)28-10-5-6-11-29(28)38-32(36)26-16-18-27(19-17-26)37-23-8-4-3-7-22-33-30(34)20-21-31(33)35/h5-6,10-21H,2-4,7-9,22-23H2,1H3.